The molecule has 1 aliphatic heterocycles. The van der Waals surface area contributed by atoms with Crippen molar-refractivity contribution in [1.29, 1.82) is 0 Å². The van der Waals surface area contributed by atoms with E-state index < -0.39 is 4.92 Å². The number of nitro groups is 1. The number of aromatic nitrogens is 4. The van der Waals surface area contributed by atoms with Crippen LogP contribution in [0, 0.1) is 15.9 Å². The van der Waals surface area contributed by atoms with Crippen LogP contribution >= 0.6 is 0 Å². The molecule has 0 unspecified atom stereocenters. The number of hydrogen-bond acceptors (Lipinski definition) is 7. The molecule has 0 amide bonds. The molecular formula is C26H26FN7O2. The Labute approximate surface area is 207 Å². The Morgan fingerprint density at radius 3 is 2.28 bits per heavy atom. The van der Waals surface area contributed by atoms with E-state index in [9.17, 15) is 14.5 Å². The van der Waals surface area contributed by atoms with Gasteiger partial charge in [-0.3, -0.25) is 15.0 Å². The maximum atomic E-state index is 13.7. The zero-order valence-corrected chi connectivity index (χ0v) is 19.7. The summed E-state index contributed by atoms with van der Waals surface area (Å²) in [5.74, 6) is 0.436. The molecule has 9 nitrogen and oxygen atoms in total. The van der Waals surface area contributed by atoms with Crippen LogP contribution in [0.4, 0.5) is 15.8 Å². The van der Waals surface area contributed by atoms with Crippen molar-refractivity contribution in [3.05, 3.63) is 112 Å². The van der Waals surface area contributed by atoms with E-state index in [1.54, 1.807) is 24.3 Å². The van der Waals surface area contributed by atoms with Gasteiger partial charge in [0.1, 0.15) is 5.82 Å². The average molecular weight is 488 g/mol. The number of tetrazole rings is 1. The van der Waals surface area contributed by atoms with Crippen LogP contribution < -0.4 is 4.90 Å². The highest BCUT2D eigenvalue weighted by atomic mass is 19.1. The highest BCUT2D eigenvalue weighted by Gasteiger charge is 2.31. The molecule has 184 valence electrons. The van der Waals surface area contributed by atoms with Gasteiger partial charge in [0.05, 0.1) is 11.0 Å². The SMILES string of the molecule is O=[N+]([O-])c1ccc(N2CCN([C@H](c3ccc(F)cc3)c3nnnn3CCc3ccccc3)CC2)cc1. The van der Waals surface area contributed by atoms with Gasteiger partial charge < -0.3 is 4.90 Å². The third kappa shape index (κ3) is 5.23. The number of non-ortho nitro benzene ring substituents is 1. The number of halogens is 1. The van der Waals surface area contributed by atoms with Gasteiger partial charge in [0.2, 0.25) is 0 Å². The van der Waals surface area contributed by atoms with Gasteiger partial charge in [-0.05, 0) is 52.2 Å². The third-order valence-corrected chi connectivity index (χ3v) is 6.55. The second-order valence-corrected chi connectivity index (χ2v) is 8.75. The zero-order chi connectivity index (χ0) is 24.9. The molecule has 0 N–H and O–H groups in total. The van der Waals surface area contributed by atoms with E-state index in [2.05, 4.69) is 37.5 Å². The Kier molecular flexibility index (Phi) is 6.94. The molecule has 3 aromatic carbocycles. The van der Waals surface area contributed by atoms with Crippen LogP contribution in [0.2, 0.25) is 0 Å². The summed E-state index contributed by atoms with van der Waals surface area (Å²) in [6.07, 6.45) is 0.795. The summed E-state index contributed by atoms with van der Waals surface area (Å²) in [5.41, 5.74) is 3.16. The number of nitro benzene ring substituents is 1. The normalized spacial score (nSPS) is 15.1. The van der Waals surface area contributed by atoms with Gasteiger partial charge in [-0.1, -0.05) is 42.5 Å². The molecule has 1 aromatic heterocycles. The molecule has 1 saturated heterocycles. The Morgan fingerprint density at radius 2 is 1.61 bits per heavy atom. The van der Waals surface area contributed by atoms with Gasteiger partial charge in [0.15, 0.2) is 5.82 Å². The van der Waals surface area contributed by atoms with Crippen LogP contribution in [0.3, 0.4) is 0 Å². The minimum atomic E-state index is -0.392. The summed E-state index contributed by atoms with van der Waals surface area (Å²) < 4.78 is 15.6. The summed E-state index contributed by atoms with van der Waals surface area (Å²) >= 11 is 0. The number of nitrogens with zero attached hydrogens (tertiary/aromatic N) is 7. The summed E-state index contributed by atoms with van der Waals surface area (Å²) in [7, 11) is 0. The highest BCUT2D eigenvalue weighted by molar-refractivity contribution is 5.51. The molecule has 1 atom stereocenters. The minimum absolute atomic E-state index is 0.0797. The maximum absolute atomic E-state index is 13.7. The quantitative estimate of drug-likeness (QED) is 0.275. The van der Waals surface area contributed by atoms with Crippen molar-refractivity contribution in [1.82, 2.24) is 25.1 Å². The summed E-state index contributed by atoms with van der Waals surface area (Å²) in [4.78, 5) is 15.1. The van der Waals surface area contributed by atoms with Crippen molar-refractivity contribution in [2.24, 2.45) is 0 Å². The molecule has 36 heavy (non-hydrogen) atoms. The predicted octanol–water partition coefficient (Wildman–Crippen LogP) is 3.87. The van der Waals surface area contributed by atoms with Gasteiger partial charge in [-0.25, -0.2) is 9.07 Å². The molecule has 5 rings (SSSR count). The van der Waals surface area contributed by atoms with E-state index in [1.165, 1.54) is 29.8 Å². The van der Waals surface area contributed by atoms with Crippen molar-refractivity contribution in [2.45, 2.75) is 19.0 Å². The van der Waals surface area contributed by atoms with E-state index in [0.717, 1.165) is 49.7 Å². The molecule has 0 bridgehead atoms. The first-order chi connectivity index (χ1) is 17.6. The molecule has 2 heterocycles. The number of piperazine rings is 1. The Hall–Kier alpha value is -4.18. The number of rotatable bonds is 8. The first-order valence-corrected chi connectivity index (χ1v) is 11.9. The lowest BCUT2D eigenvalue weighted by atomic mass is 10.0. The van der Waals surface area contributed by atoms with Crippen LogP contribution in [0.1, 0.15) is 23.0 Å². The van der Waals surface area contributed by atoms with E-state index >= 15 is 0 Å². The number of benzene rings is 3. The predicted molar refractivity (Wildman–Crippen MR) is 133 cm³/mol. The molecule has 0 radical (unpaired) electrons. The smallest absolute Gasteiger partial charge is 0.269 e. The van der Waals surface area contributed by atoms with Crippen molar-refractivity contribution in [3.63, 3.8) is 0 Å². The largest absolute Gasteiger partial charge is 0.369 e. The lowest BCUT2D eigenvalue weighted by Gasteiger charge is -2.39. The van der Waals surface area contributed by atoms with E-state index in [4.69, 9.17) is 0 Å². The van der Waals surface area contributed by atoms with Gasteiger partial charge in [0, 0.05) is 50.5 Å². The van der Waals surface area contributed by atoms with Crippen LogP contribution in [0.25, 0.3) is 0 Å². The summed E-state index contributed by atoms with van der Waals surface area (Å²) in [6.45, 7) is 3.56. The Bertz CT molecular complexity index is 1290. The van der Waals surface area contributed by atoms with Gasteiger partial charge in [0.25, 0.3) is 5.69 Å². The number of anilines is 1. The van der Waals surface area contributed by atoms with Crippen LogP contribution in [-0.4, -0.2) is 56.2 Å². The van der Waals surface area contributed by atoms with Crippen LogP contribution in [0.15, 0.2) is 78.9 Å². The van der Waals surface area contributed by atoms with Crippen molar-refractivity contribution < 1.29 is 9.31 Å². The van der Waals surface area contributed by atoms with E-state index in [-0.39, 0.29) is 17.5 Å². The van der Waals surface area contributed by atoms with E-state index in [1.807, 2.05) is 22.9 Å². The fourth-order valence-electron chi connectivity index (χ4n) is 4.64. The monoisotopic (exact) mass is 487 g/mol. The molecular weight excluding hydrogens is 461 g/mol. The van der Waals surface area contributed by atoms with Crippen LogP contribution in [0.5, 0.6) is 0 Å². The average Bonchev–Trinajstić information content (AvgIpc) is 3.38. The highest BCUT2D eigenvalue weighted by Crippen LogP contribution is 2.30. The van der Waals surface area contributed by atoms with Crippen LogP contribution in [-0.2, 0) is 13.0 Å². The molecule has 0 spiro atoms. The van der Waals surface area contributed by atoms with Crippen molar-refractivity contribution in [3.8, 4) is 0 Å². The second-order valence-electron chi connectivity index (χ2n) is 8.75. The topological polar surface area (TPSA) is 93.2 Å². The van der Waals surface area contributed by atoms with Gasteiger partial charge in [-0.2, -0.15) is 0 Å². The van der Waals surface area contributed by atoms with Crippen molar-refractivity contribution >= 4 is 11.4 Å². The molecule has 0 aliphatic carbocycles. The molecule has 1 fully saturated rings. The first kappa shape index (κ1) is 23.6. The second kappa shape index (κ2) is 10.6. The first-order valence-electron chi connectivity index (χ1n) is 11.9. The zero-order valence-electron chi connectivity index (χ0n) is 19.7. The minimum Gasteiger partial charge on any atom is -0.369 e. The molecule has 1 aliphatic rings. The summed E-state index contributed by atoms with van der Waals surface area (Å²) in [5, 5.41) is 23.6. The Morgan fingerprint density at radius 1 is 0.917 bits per heavy atom. The lowest BCUT2D eigenvalue weighted by Crippen LogP contribution is -2.48. The summed E-state index contributed by atoms with van der Waals surface area (Å²) in [6, 6.07) is 23.1. The molecule has 10 heteroatoms. The fraction of sp³-hybridized carbons (Fsp3) is 0.269. The fourth-order valence-corrected chi connectivity index (χ4v) is 4.64. The Balaban J connectivity index is 1.35. The van der Waals surface area contributed by atoms with Gasteiger partial charge >= 0.3 is 0 Å². The standard InChI is InChI=1S/C26H26FN7O2/c27-22-8-6-21(7-9-22)25(26-28-29-30-33(26)15-14-20-4-2-1-3-5-20)32-18-16-31(17-19-32)23-10-12-24(13-11-23)34(35)36/h1-13,25H,14-19H2/t25-/m1/s1. The molecule has 0 saturated carbocycles. The van der Waals surface area contributed by atoms with E-state index in [0.29, 0.717) is 6.54 Å². The number of hydrogen-bond donors (Lipinski definition) is 0. The number of aryl methyl sites for hydroxylation is 2. The van der Waals surface area contributed by atoms with Crippen molar-refractivity contribution in [2.75, 3.05) is 31.1 Å². The maximum Gasteiger partial charge on any atom is 0.269 e. The third-order valence-electron chi connectivity index (χ3n) is 6.55. The lowest BCUT2D eigenvalue weighted by molar-refractivity contribution is -0.384. The van der Waals surface area contributed by atoms with Gasteiger partial charge in [-0.15, -0.1) is 5.10 Å². The molecule has 4 aromatic rings.